The largest absolute Gasteiger partial charge is 0.397 e. The monoisotopic (exact) mass is 293 g/mol. The molecule has 19 heavy (non-hydrogen) atoms. The molecule has 1 aliphatic rings. The van der Waals surface area contributed by atoms with Crippen LogP contribution in [0.25, 0.3) is 0 Å². The first-order valence-corrected chi connectivity index (χ1v) is 6.83. The van der Waals surface area contributed by atoms with Crippen molar-refractivity contribution in [2.75, 3.05) is 17.2 Å². The molecule has 2 N–H and O–H groups in total. The highest BCUT2D eigenvalue weighted by Gasteiger charge is 2.22. The minimum Gasteiger partial charge on any atom is -0.397 e. The van der Waals surface area contributed by atoms with Crippen LogP contribution >= 0.6 is 23.2 Å². The zero-order chi connectivity index (χ0) is 13.4. The number of pyridine rings is 1. The second kappa shape index (κ2) is 4.91. The summed E-state index contributed by atoms with van der Waals surface area (Å²) in [6.45, 7) is 1.65. The molecule has 0 aliphatic carbocycles. The van der Waals surface area contributed by atoms with Crippen molar-refractivity contribution in [3.8, 4) is 0 Å². The zero-order valence-corrected chi connectivity index (χ0v) is 11.7. The van der Waals surface area contributed by atoms with Gasteiger partial charge >= 0.3 is 0 Å². The van der Waals surface area contributed by atoms with Crippen molar-refractivity contribution in [1.82, 2.24) is 4.98 Å². The molecule has 2 heterocycles. The number of aromatic nitrogens is 1. The Labute approximate surface area is 122 Å². The molecule has 0 amide bonds. The molecule has 0 saturated carbocycles. The van der Waals surface area contributed by atoms with E-state index in [1.807, 2.05) is 12.1 Å². The number of anilines is 2. The van der Waals surface area contributed by atoms with E-state index in [4.69, 9.17) is 28.9 Å². The first-order chi connectivity index (χ1) is 9.15. The minimum absolute atomic E-state index is 0.412. The summed E-state index contributed by atoms with van der Waals surface area (Å²) in [7, 11) is 0. The van der Waals surface area contributed by atoms with Crippen molar-refractivity contribution in [1.29, 1.82) is 0 Å². The Morgan fingerprint density at radius 2 is 2.16 bits per heavy atom. The maximum absolute atomic E-state index is 6.19. The van der Waals surface area contributed by atoms with E-state index in [0.717, 1.165) is 29.9 Å². The number of nitrogen functional groups attached to an aromatic ring is 1. The molecule has 1 aliphatic heterocycles. The Morgan fingerprint density at radius 1 is 1.32 bits per heavy atom. The topological polar surface area (TPSA) is 42.1 Å². The second-order valence-electron chi connectivity index (χ2n) is 4.62. The lowest BCUT2D eigenvalue weighted by atomic mass is 10.1. The maximum Gasteiger partial charge on any atom is 0.130 e. The fourth-order valence-corrected chi connectivity index (χ4v) is 2.91. The van der Waals surface area contributed by atoms with Gasteiger partial charge in [0.1, 0.15) is 5.15 Å². The predicted octanol–water partition coefficient (Wildman–Crippen LogP) is 3.53. The van der Waals surface area contributed by atoms with Crippen LogP contribution in [0.3, 0.4) is 0 Å². The summed E-state index contributed by atoms with van der Waals surface area (Å²) in [4.78, 5) is 6.32. The summed E-state index contributed by atoms with van der Waals surface area (Å²) in [5.41, 5.74) is 10.2. The third-order valence-corrected chi connectivity index (χ3v) is 3.93. The summed E-state index contributed by atoms with van der Waals surface area (Å²) in [6, 6.07) is 7.71. The minimum atomic E-state index is 0.412. The number of hydrogen-bond acceptors (Lipinski definition) is 3. The Bertz CT molecular complexity index is 628. The molecule has 5 heteroatoms. The van der Waals surface area contributed by atoms with Crippen LogP contribution in [0.15, 0.2) is 30.5 Å². The van der Waals surface area contributed by atoms with Crippen LogP contribution in [-0.4, -0.2) is 11.5 Å². The molecule has 3 rings (SSSR count). The molecule has 2 aromatic rings. The molecule has 0 atom stereocenters. The van der Waals surface area contributed by atoms with Gasteiger partial charge in [-0.1, -0.05) is 35.3 Å². The Kier molecular flexibility index (Phi) is 3.25. The number of nitrogens with two attached hydrogens (primary N) is 1. The van der Waals surface area contributed by atoms with E-state index in [-0.39, 0.29) is 0 Å². The number of benzene rings is 1. The molecule has 1 aromatic heterocycles. The van der Waals surface area contributed by atoms with Crippen LogP contribution in [0.2, 0.25) is 10.2 Å². The van der Waals surface area contributed by atoms with Crippen molar-refractivity contribution in [2.45, 2.75) is 13.0 Å². The second-order valence-corrected chi connectivity index (χ2v) is 5.42. The lowest BCUT2D eigenvalue weighted by Crippen LogP contribution is -2.21. The van der Waals surface area contributed by atoms with E-state index < -0.39 is 0 Å². The van der Waals surface area contributed by atoms with Crippen LogP contribution < -0.4 is 10.6 Å². The molecular weight excluding hydrogens is 281 g/mol. The van der Waals surface area contributed by atoms with Crippen LogP contribution in [0, 0.1) is 0 Å². The predicted molar refractivity (Wildman–Crippen MR) is 79.9 cm³/mol. The molecule has 0 spiro atoms. The van der Waals surface area contributed by atoms with Gasteiger partial charge in [0.2, 0.25) is 0 Å². The number of halogens is 2. The summed E-state index contributed by atoms with van der Waals surface area (Å²) < 4.78 is 0. The molecule has 0 radical (unpaired) electrons. The quantitative estimate of drug-likeness (QED) is 0.680. The first kappa shape index (κ1) is 12.6. The average molecular weight is 294 g/mol. The van der Waals surface area contributed by atoms with Gasteiger partial charge in [0.25, 0.3) is 0 Å². The first-order valence-electron chi connectivity index (χ1n) is 6.07. The van der Waals surface area contributed by atoms with Crippen LogP contribution in [0.1, 0.15) is 11.1 Å². The van der Waals surface area contributed by atoms with Gasteiger partial charge in [-0.15, -0.1) is 0 Å². The van der Waals surface area contributed by atoms with E-state index in [1.165, 1.54) is 5.56 Å². The number of rotatable bonds is 2. The van der Waals surface area contributed by atoms with Crippen LogP contribution in [0.4, 0.5) is 11.4 Å². The van der Waals surface area contributed by atoms with Crippen LogP contribution in [-0.2, 0) is 13.0 Å². The number of nitrogens with zero attached hydrogens (tertiary/aromatic N) is 2. The van der Waals surface area contributed by atoms with Gasteiger partial charge in [0.15, 0.2) is 0 Å². The van der Waals surface area contributed by atoms with Gasteiger partial charge in [-0.2, -0.15) is 0 Å². The third-order valence-electron chi connectivity index (χ3n) is 3.38. The van der Waals surface area contributed by atoms with Crippen molar-refractivity contribution in [2.24, 2.45) is 0 Å². The maximum atomic E-state index is 6.19. The number of fused-ring (bicyclic) bond motifs is 1. The van der Waals surface area contributed by atoms with Crippen molar-refractivity contribution in [3.05, 3.63) is 51.8 Å². The van der Waals surface area contributed by atoms with Crippen molar-refractivity contribution >= 4 is 34.6 Å². The van der Waals surface area contributed by atoms with Gasteiger partial charge in [-0.05, 0) is 24.1 Å². The molecule has 98 valence electrons. The van der Waals surface area contributed by atoms with E-state index >= 15 is 0 Å². The highest BCUT2D eigenvalue weighted by Crippen LogP contribution is 2.35. The summed E-state index contributed by atoms with van der Waals surface area (Å²) in [5, 5.41) is 1.05. The molecule has 0 fully saturated rings. The fourth-order valence-electron chi connectivity index (χ4n) is 2.48. The molecule has 3 nitrogen and oxygen atoms in total. The summed E-state index contributed by atoms with van der Waals surface area (Å²) in [6.07, 6.45) is 2.74. The summed E-state index contributed by atoms with van der Waals surface area (Å²) >= 11 is 12.0. The normalized spacial score (nSPS) is 13.7. The average Bonchev–Trinajstić information content (AvgIpc) is 2.77. The standard InChI is InChI=1S/C14H13Cl2N3/c15-11-6-13(16)18-7-10(11)8-19-5-4-9-2-1-3-12(17)14(9)19/h1-3,6-7H,4-5,8,17H2. The van der Waals surface area contributed by atoms with E-state index in [1.54, 1.807) is 12.3 Å². The highest BCUT2D eigenvalue weighted by atomic mass is 35.5. The Hall–Kier alpha value is -1.45. The lowest BCUT2D eigenvalue weighted by molar-refractivity contribution is 0.833. The Morgan fingerprint density at radius 3 is 2.95 bits per heavy atom. The lowest BCUT2D eigenvalue weighted by Gasteiger charge is -2.21. The smallest absolute Gasteiger partial charge is 0.130 e. The van der Waals surface area contributed by atoms with Gasteiger partial charge in [0, 0.05) is 24.8 Å². The van der Waals surface area contributed by atoms with Gasteiger partial charge in [-0.3, -0.25) is 0 Å². The van der Waals surface area contributed by atoms with Crippen molar-refractivity contribution < 1.29 is 0 Å². The van der Waals surface area contributed by atoms with Crippen molar-refractivity contribution in [3.63, 3.8) is 0 Å². The molecule has 0 unspecified atom stereocenters. The van der Waals surface area contributed by atoms with Crippen LogP contribution in [0.5, 0.6) is 0 Å². The Balaban J connectivity index is 1.91. The summed E-state index contributed by atoms with van der Waals surface area (Å²) in [5.74, 6) is 0. The van der Waals surface area contributed by atoms with Gasteiger partial charge < -0.3 is 10.6 Å². The molecule has 0 bridgehead atoms. The number of para-hydroxylation sites is 1. The molecule has 0 saturated heterocycles. The SMILES string of the molecule is Nc1cccc2c1N(Cc1cnc(Cl)cc1Cl)CC2. The zero-order valence-electron chi connectivity index (χ0n) is 10.2. The highest BCUT2D eigenvalue weighted by molar-refractivity contribution is 6.34. The molecular formula is C14H13Cl2N3. The van der Waals surface area contributed by atoms with E-state index in [2.05, 4.69) is 16.0 Å². The van der Waals surface area contributed by atoms with Gasteiger partial charge in [-0.25, -0.2) is 4.98 Å². The van der Waals surface area contributed by atoms with Gasteiger partial charge in [0.05, 0.1) is 16.4 Å². The van der Waals surface area contributed by atoms with E-state index in [0.29, 0.717) is 16.7 Å². The molecule has 1 aromatic carbocycles. The van der Waals surface area contributed by atoms with E-state index in [9.17, 15) is 0 Å². The fraction of sp³-hybridized carbons (Fsp3) is 0.214. The third kappa shape index (κ3) is 2.36. The number of hydrogen-bond donors (Lipinski definition) is 1.